The van der Waals surface area contributed by atoms with Gasteiger partial charge in [0.05, 0.1) is 12.7 Å². The Morgan fingerprint density at radius 3 is 2.30 bits per heavy atom. The first kappa shape index (κ1) is 20.7. The van der Waals surface area contributed by atoms with Crippen LogP contribution in [0.2, 0.25) is 0 Å². The lowest BCUT2D eigenvalue weighted by molar-refractivity contribution is -0.143. The fraction of sp³-hybridized carbons (Fsp3) is 0.571. The third kappa shape index (κ3) is 12.8. The van der Waals surface area contributed by atoms with Crippen LogP contribution in [0.25, 0.3) is 0 Å². The van der Waals surface area contributed by atoms with Crippen molar-refractivity contribution in [3.8, 4) is 0 Å². The second-order valence-electron chi connectivity index (χ2n) is 4.08. The highest BCUT2D eigenvalue weighted by molar-refractivity contribution is 5.86. The number of carbonyl (C=O) groups is 2. The van der Waals surface area contributed by atoms with Crippen molar-refractivity contribution in [2.75, 3.05) is 13.2 Å². The van der Waals surface area contributed by atoms with Gasteiger partial charge in [-0.1, -0.05) is 20.1 Å². The van der Waals surface area contributed by atoms with Crippen molar-refractivity contribution in [1.82, 2.24) is 0 Å². The number of ether oxygens (including phenoxy) is 2. The molecule has 20 heavy (non-hydrogen) atoms. The van der Waals surface area contributed by atoms with Gasteiger partial charge in [-0.05, 0) is 20.3 Å². The van der Waals surface area contributed by atoms with Crippen LogP contribution in [-0.2, 0) is 19.1 Å². The summed E-state index contributed by atoms with van der Waals surface area (Å²) in [7, 11) is 0. The summed E-state index contributed by atoms with van der Waals surface area (Å²) in [6.07, 6.45) is 1.03. The standard InChI is InChI=1S/C7H12O4.C7H12O2/c1-5(2)7(10)11-4-6(9)3-8;1-4-6(3)9-7(8)5-2/h6,8-9H,1,3-4H2,2H3;5-6H,2,4H2,1,3H3. The summed E-state index contributed by atoms with van der Waals surface area (Å²) in [5.74, 6) is -0.901. The molecule has 0 aromatic heterocycles. The molecule has 0 aliphatic rings. The first-order valence-electron chi connectivity index (χ1n) is 6.22. The summed E-state index contributed by atoms with van der Waals surface area (Å²) in [5.41, 5.74) is 0.273. The summed E-state index contributed by atoms with van der Waals surface area (Å²) in [6, 6.07) is 0. The van der Waals surface area contributed by atoms with Crippen LogP contribution in [0, 0.1) is 0 Å². The number of hydrogen-bond donors (Lipinski definition) is 2. The molecule has 0 aromatic carbocycles. The molecule has 116 valence electrons. The maximum absolute atomic E-state index is 10.6. The molecule has 0 radical (unpaired) electrons. The molecule has 0 fully saturated rings. The molecule has 0 aliphatic heterocycles. The van der Waals surface area contributed by atoms with Crippen LogP contribution in [0.5, 0.6) is 0 Å². The summed E-state index contributed by atoms with van der Waals surface area (Å²) in [4.78, 5) is 21.1. The first-order chi connectivity index (χ1) is 9.28. The normalized spacial score (nSPS) is 12.2. The molecule has 2 unspecified atom stereocenters. The molecule has 0 spiro atoms. The third-order valence-corrected chi connectivity index (χ3v) is 2.02. The minimum atomic E-state index is -1.00. The van der Waals surface area contributed by atoms with Gasteiger partial charge in [-0.3, -0.25) is 0 Å². The lowest BCUT2D eigenvalue weighted by atomic mass is 10.3. The maximum Gasteiger partial charge on any atom is 0.333 e. The van der Waals surface area contributed by atoms with Gasteiger partial charge in [0, 0.05) is 11.6 Å². The Balaban J connectivity index is 0. The molecule has 0 saturated carbocycles. The van der Waals surface area contributed by atoms with E-state index in [2.05, 4.69) is 17.9 Å². The molecule has 0 amide bonds. The van der Waals surface area contributed by atoms with Gasteiger partial charge in [-0.2, -0.15) is 0 Å². The smallest absolute Gasteiger partial charge is 0.333 e. The van der Waals surface area contributed by atoms with Gasteiger partial charge in [0.2, 0.25) is 0 Å². The quantitative estimate of drug-likeness (QED) is 0.535. The zero-order valence-corrected chi connectivity index (χ0v) is 12.3. The lowest BCUT2D eigenvalue weighted by Crippen LogP contribution is -2.22. The number of esters is 2. The fourth-order valence-corrected chi connectivity index (χ4v) is 0.678. The van der Waals surface area contributed by atoms with Crippen LogP contribution < -0.4 is 0 Å². The van der Waals surface area contributed by atoms with Crippen molar-refractivity contribution in [2.24, 2.45) is 0 Å². The summed E-state index contributed by atoms with van der Waals surface area (Å²) < 4.78 is 9.30. The SMILES string of the molecule is C=C(C)C(=O)OCC(O)CO.C=CC(=O)OC(C)CC. The maximum atomic E-state index is 10.6. The monoisotopic (exact) mass is 288 g/mol. The molecule has 2 atom stereocenters. The average molecular weight is 288 g/mol. The van der Waals surface area contributed by atoms with E-state index in [1.54, 1.807) is 0 Å². The Morgan fingerprint density at radius 1 is 1.40 bits per heavy atom. The molecule has 0 rings (SSSR count). The average Bonchev–Trinajstić information content (AvgIpc) is 2.44. The highest BCUT2D eigenvalue weighted by Gasteiger charge is 2.07. The van der Waals surface area contributed by atoms with Crippen LogP contribution in [-0.4, -0.2) is 47.6 Å². The van der Waals surface area contributed by atoms with Crippen LogP contribution in [0.4, 0.5) is 0 Å². The van der Waals surface area contributed by atoms with E-state index in [-0.39, 0.29) is 24.3 Å². The van der Waals surface area contributed by atoms with Gasteiger partial charge >= 0.3 is 11.9 Å². The van der Waals surface area contributed by atoms with Gasteiger partial charge in [-0.15, -0.1) is 0 Å². The molecular weight excluding hydrogens is 264 g/mol. The predicted octanol–water partition coefficient (Wildman–Crippen LogP) is 0.973. The summed E-state index contributed by atoms with van der Waals surface area (Å²) >= 11 is 0. The van der Waals surface area contributed by atoms with Gasteiger partial charge in [0.1, 0.15) is 12.7 Å². The van der Waals surface area contributed by atoms with E-state index >= 15 is 0 Å². The van der Waals surface area contributed by atoms with E-state index in [9.17, 15) is 9.59 Å². The van der Waals surface area contributed by atoms with Crippen molar-refractivity contribution < 1.29 is 29.3 Å². The minimum Gasteiger partial charge on any atom is -0.460 e. The first-order valence-corrected chi connectivity index (χ1v) is 6.22. The van der Waals surface area contributed by atoms with Crippen molar-refractivity contribution in [3.05, 3.63) is 24.8 Å². The van der Waals surface area contributed by atoms with Gasteiger partial charge in [0.15, 0.2) is 0 Å². The molecule has 2 N–H and O–H groups in total. The van der Waals surface area contributed by atoms with E-state index in [0.29, 0.717) is 0 Å². The van der Waals surface area contributed by atoms with Crippen molar-refractivity contribution >= 4 is 11.9 Å². The van der Waals surface area contributed by atoms with Crippen molar-refractivity contribution in [3.63, 3.8) is 0 Å². The van der Waals surface area contributed by atoms with Crippen LogP contribution in [0.3, 0.4) is 0 Å². The number of carbonyl (C=O) groups excluding carboxylic acids is 2. The van der Waals surface area contributed by atoms with Gasteiger partial charge in [-0.25, -0.2) is 9.59 Å². The van der Waals surface area contributed by atoms with E-state index in [0.717, 1.165) is 6.42 Å². The Morgan fingerprint density at radius 2 is 1.95 bits per heavy atom. The summed E-state index contributed by atoms with van der Waals surface area (Å²) in [5, 5.41) is 17.1. The highest BCUT2D eigenvalue weighted by atomic mass is 16.5. The predicted molar refractivity (Wildman–Crippen MR) is 74.9 cm³/mol. The third-order valence-electron chi connectivity index (χ3n) is 2.02. The minimum absolute atomic E-state index is 0.00972. The second kappa shape index (κ2) is 12.4. The molecular formula is C14H24O6. The molecule has 0 aromatic rings. The number of aliphatic hydroxyl groups is 2. The highest BCUT2D eigenvalue weighted by Crippen LogP contribution is 1.95. The second-order valence-corrected chi connectivity index (χ2v) is 4.08. The Bertz CT molecular complexity index is 324. The zero-order valence-electron chi connectivity index (χ0n) is 12.3. The number of hydrogen-bond acceptors (Lipinski definition) is 6. The van der Waals surface area contributed by atoms with Gasteiger partial charge < -0.3 is 19.7 Å². The summed E-state index contributed by atoms with van der Waals surface area (Å²) in [6.45, 7) is 11.3. The number of aliphatic hydroxyl groups excluding tert-OH is 2. The Hall–Kier alpha value is -1.66. The number of rotatable bonds is 7. The fourth-order valence-electron chi connectivity index (χ4n) is 0.678. The molecule has 0 saturated heterocycles. The molecule has 0 bridgehead atoms. The largest absolute Gasteiger partial charge is 0.460 e. The van der Waals surface area contributed by atoms with E-state index in [4.69, 9.17) is 14.9 Å². The Kier molecular flexibility index (Phi) is 12.8. The van der Waals surface area contributed by atoms with E-state index in [1.165, 1.54) is 13.0 Å². The topological polar surface area (TPSA) is 93.1 Å². The molecule has 0 aliphatic carbocycles. The van der Waals surface area contributed by atoms with Crippen molar-refractivity contribution in [1.29, 1.82) is 0 Å². The van der Waals surface area contributed by atoms with Crippen molar-refractivity contribution in [2.45, 2.75) is 39.4 Å². The van der Waals surface area contributed by atoms with E-state index < -0.39 is 18.7 Å². The van der Waals surface area contributed by atoms with E-state index in [1.807, 2.05) is 13.8 Å². The van der Waals surface area contributed by atoms with Crippen LogP contribution in [0.15, 0.2) is 24.8 Å². The Labute approximate surface area is 119 Å². The van der Waals surface area contributed by atoms with Crippen LogP contribution in [0.1, 0.15) is 27.2 Å². The molecule has 0 heterocycles. The lowest BCUT2D eigenvalue weighted by Gasteiger charge is -2.07. The van der Waals surface area contributed by atoms with Gasteiger partial charge in [0.25, 0.3) is 0 Å². The molecule has 6 nitrogen and oxygen atoms in total. The van der Waals surface area contributed by atoms with Crippen LogP contribution >= 0.6 is 0 Å². The molecule has 6 heteroatoms. The zero-order chi connectivity index (χ0) is 16.1.